The van der Waals surface area contributed by atoms with Crippen LogP contribution in [0.4, 0.5) is 11.4 Å². The van der Waals surface area contributed by atoms with E-state index in [2.05, 4.69) is 27.1 Å². The first-order valence-electron chi connectivity index (χ1n) is 9.90. The summed E-state index contributed by atoms with van der Waals surface area (Å²) in [6.45, 7) is 3.42. The number of amides is 1. The molecule has 1 N–H and O–H groups in total. The third-order valence-electron chi connectivity index (χ3n) is 5.61. The molecular weight excluding hydrogens is 422 g/mol. The summed E-state index contributed by atoms with van der Waals surface area (Å²) in [6.07, 6.45) is 1.39. The molecular formula is C20H24ClN7O3. The molecule has 0 atom stereocenters. The van der Waals surface area contributed by atoms with Crippen LogP contribution in [0.3, 0.4) is 0 Å². The SMILES string of the molecule is CN1CCN(c2ccc(Cl)cc2NC(=O)Cn2cnc3c2c(=O)n(C)c(=O)n3C)CC1. The summed E-state index contributed by atoms with van der Waals surface area (Å²) in [5.41, 5.74) is 0.991. The van der Waals surface area contributed by atoms with Crippen LogP contribution in [-0.4, -0.2) is 62.7 Å². The second kappa shape index (κ2) is 8.20. The minimum atomic E-state index is -0.496. The Morgan fingerprint density at radius 2 is 1.81 bits per heavy atom. The van der Waals surface area contributed by atoms with E-state index in [0.717, 1.165) is 36.4 Å². The van der Waals surface area contributed by atoms with Crippen LogP contribution in [0.1, 0.15) is 0 Å². The first-order chi connectivity index (χ1) is 14.8. The number of carbonyl (C=O) groups excluding carboxylic acids is 1. The Morgan fingerprint density at radius 3 is 2.52 bits per heavy atom. The van der Waals surface area contributed by atoms with E-state index in [9.17, 15) is 14.4 Å². The number of nitrogens with zero attached hydrogens (tertiary/aromatic N) is 6. The molecule has 0 saturated carbocycles. The van der Waals surface area contributed by atoms with Gasteiger partial charge in [0.2, 0.25) is 5.91 Å². The van der Waals surface area contributed by atoms with Crippen LogP contribution in [0, 0.1) is 0 Å². The molecule has 1 amide bonds. The Morgan fingerprint density at radius 1 is 1.10 bits per heavy atom. The zero-order chi connectivity index (χ0) is 22.3. The number of carbonyl (C=O) groups is 1. The lowest BCUT2D eigenvalue weighted by Crippen LogP contribution is -2.44. The molecule has 0 unspecified atom stereocenters. The molecule has 1 fully saturated rings. The topological polar surface area (TPSA) is 97.4 Å². The van der Waals surface area contributed by atoms with Crippen LogP contribution in [0.25, 0.3) is 11.2 Å². The van der Waals surface area contributed by atoms with E-state index in [1.165, 1.54) is 29.6 Å². The highest BCUT2D eigenvalue weighted by Crippen LogP contribution is 2.30. The fourth-order valence-corrected chi connectivity index (χ4v) is 3.96. The molecule has 0 bridgehead atoms. The lowest BCUT2D eigenvalue weighted by molar-refractivity contribution is -0.116. The summed E-state index contributed by atoms with van der Waals surface area (Å²) in [5.74, 6) is -0.326. The van der Waals surface area contributed by atoms with Gasteiger partial charge in [-0.1, -0.05) is 11.6 Å². The highest BCUT2D eigenvalue weighted by Gasteiger charge is 2.20. The van der Waals surface area contributed by atoms with Gasteiger partial charge < -0.3 is 19.7 Å². The van der Waals surface area contributed by atoms with E-state index in [1.54, 1.807) is 12.1 Å². The Balaban J connectivity index is 1.61. The normalized spacial score (nSPS) is 14.9. The first kappa shape index (κ1) is 21.1. The molecule has 0 aliphatic carbocycles. The number of rotatable bonds is 4. The summed E-state index contributed by atoms with van der Waals surface area (Å²) in [7, 11) is 5.02. The van der Waals surface area contributed by atoms with Crippen molar-refractivity contribution >= 4 is 40.0 Å². The number of likely N-dealkylation sites (N-methyl/N-ethyl adjacent to an activating group) is 1. The number of hydrogen-bond acceptors (Lipinski definition) is 6. The summed E-state index contributed by atoms with van der Waals surface area (Å²) in [4.78, 5) is 46.2. The van der Waals surface area contributed by atoms with Gasteiger partial charge in [0.25, 0.3) is 5.56 Å². The summed E-state index contributed by atoms with van der Waals surface area (Å²) in [5, 5.41) is 3.44. The molecule has 1 aromatic carbocycles. The second-order valence-corrected chi connectivity index (χ2v) is 8.19. The first-order valence-corrected chi connectivity index (χ1v) is 10.3. The van der Waals surface area contributed by atoms with Gasteiger partial charge in [0.05, 0.1) is 17.7 Å². The Hall–Kier alpha value is -3.11. The smallest absolute Gasteiger partial charge is 0.332 e. The summed E-state index contributed by atoms with van der Waals surface area (Å²) in [6, 6.07) is 5.43. The molecule has 1 saturated heterocycles. The number of piperazine rings is 1. The lowest BCUT2D eigenvalue weighted by atomic mass is 10.2. The van der Waals surface area contributed by atoms with Gasteiger partial charge in [-0.05, 0) is 25.2 Å². The molecule has 31 heavy (non-hydrogen) atoms. The zero-order valence-electron chi connectivity index (χ0n) is 17.6. The van der Waals surface area contributed by atoms with Crippen molar-refractivity contribution in [3.63, 3.8) is 0 Å². The number of aryl methyl sites for hydroxylation is 1. The largest absolute Gasteiger partial charge is 0.367 e. The highest BCUT2D eigenvalue weighted by molar-refractivity contribution is 6.31. The van der Waals surface area contributed by atoms with Crippen molar-refractivity contribution in [2.75, 3.05) is 43.4 Å². The summed E-state index contributed by atoms with van der Waals surface area (Å²) < 4.78 is 3.74. The van der Waals surface area contributed by atoms with Crippen molar-refractivity contribution in [2.45, 2.75) is 6.54 Å². The van der Waals surface area contributed by atoms with E-state index in [-0.39, 0.29) is 23.6 Å². The van der Waals surface area contributed by atoms with E-state index in [0.29, 0.717) is 10.7 Å². The Kier molecular flexibility index (Phi) is 5.59. The second-order valence-electron chi connectivity index (χ2n) is 7.75. The maximum absolute atomic E-state index is 12.9. The van der Waals surface area contributed by atoms with Gasteiger partial charge in [-0.3, -0.25) is 18.7 Å². The molecule has 1 aliphatic heterocycles. The van der Waals surface area contributed by atoms with Gasteiger partial charge in [0.1, 0.15) is 6.54 Å². The number of fused-ring (bicyclic) bond motifs is 1. The van der Waals surface area contributed by atoms with Crippen molar-refractivity contribution in [3.8, 4) is 0 Å². The van der Waals surface area contributed by atoms with Crippen molar-refractivity contribution in [2.24, 2.45) is 14.1 Å². The van der Waals surface area contributed by atoms with Gasteiger partial charge in [0, 0.05) is 45.3 Å². The third-order valence-corrected chi connectivity index (χ3v) is 5.84. The quantitative estimate of drug-likeness (QED) is 0.627. The predicted molar refractivity (Wildman–Crippen MR) is 120 cm³/mol. The number of halogens is 1. The van der Waals surface area contributed by atoms with Gasteiger partial charge >= 0.3 is 5.69 Å². The number of aromatic nitrogens is 4. The fraction of sp³-hybridized carbons (Fsp3) is 0.400. The average molecular weight is 446 g/mol. The number of hydrogen-bond donors (Lipinski definition) is 1. The van der Waals surface area contributed by atoms with E-state index < -0.39 is 11.2 Å². The molecule has 3 aromatic rings. The van der Waals surface area contributed by atoms with Crippen LogP contribution < -0.4 is 21.5 Å². The molecule has 11 heteroatoms. The monoisotopic (exact) mass is 445 g/mol. The van der Waals surface area contributed by atoms with Gasteiger partial charge in [0.15, 0.2) is 11.2 Å². The molecule has 3 heterocycles. The molecule has 164 valence electrons. The van der Waals surface area contributed by atoms with E-state index >= 15 is 0 Å². The maximum Gasteiger partial charge on any atom is 0.332 e. The van der Waals surface area contributed by atoms with Gasteiger partial charge in [-0.25, -0.2) is 9.78 Å². The Bertz CT molecular complexity index is 1270. The van der Waals surface area contributed by atoms with Crippen molar-refractivity contribution in [1.29, 1.82) is 0 Å². The molecule has 4 rings (SSSR count). The number of anilines is 2. The fourth-order valence-electron chi connectivity index (χ4n) is 3.79. The van der Waals surface area contributed by atoms with Crippen LogP contribution in [0.5, 0.6) is 0 Å². The molecule has 1 aliphatic rings. The average Bonchev–Trinajstić information content (AvgIpc) is 3.15. The molecule has 0 spiro atoms. The number of benzene rings is 1. The van der Waals surface area contributed by atoms with Crippen molar-refractivity contribution in [3.05, 3.63) is 50.4 Å². The van der Waals surface area contributed by atoms with E-state index in [1.807, 2.05) is 6.07 Å². The lowest BCUT2D eigenvalue weighted by Gasteiger charge is -2.35. The predicted octanol–water partition coefficient (Wildman–Crippen LogP) is 0.478. The maximum atomic E-state index is 12.9. The van der Waals surface area contributed by atoms with Crippen LogP contribution in [-0.2, 0) is 25.4 Å². The van der Waals surface area contributed by atoms with Gasteiger partial charge in [-0.2, -0.15) is 0 Å². The van der Waals surface area contributed by atoms with Crippen LogP contribution >= 0.6 is 11.6 Å². The van der Waals surface area contributed by atoms with Gasteiger partial charge in [-0.15, -0.1) is 0 Å². The van der Waals surface area contributed by atoms with E-state index in [4.69, 9.17) is 11.6 Å². The minimum Gasteiger partial charge on any atom is -0.367 e. The molecule has 10 nitrogen and oxygen atoms in total. The van der Waals surface area contributed by atoms with Crippen LogP contribution in [0.2, 0.25) is 5.02 Å². The highest BCUT2D eigenvalue weighted by atomic mass is 35.5. The standard InChI is InChI=1S/C20H24ClN7O3/c1-24-6-8-27(9-7-24)15-5-4-13(21)10-14(15)23-16(29)11-28-12-22-18-17(28)19(30)26(3)20(31)25(18)2/h4-5,10,12H,6-9,11H2,1-3H3,(H,23,29). The van der Waals surface area contributed by atoms with Crippen molar-refractivity contribution < 1.29 is 4.79 Å². The molecule has 0 radical (unpaired) electrons. The Labute approximate surface area is 183 Å². The minimum absolute atomic E-state index is 0.126. The van der Waals surface area contributed by atoms with Crippen molar-refractivity contribution in [1.82, 2.24) is 23.6 Å². The summed E-state index contributed by atoms with van der Waals surface area (Å²) >= 11 is 6.18. The van der Waals surface area contributed by atoms with Crippen LogP contribution in [0.15, 0.2) is 34.1 Å². The number of imidazole rings is 1. The zero-order valence-corrected chi connectivity index (χ0v) is 18.4. The molecule has 2 aromatic heterocycles. The third kappa shape index (κ3) is 3.96. The number of nitrogens with one attached hydrogen (secondary N) is 1.